The van der Waals surface area contributed by atoms with Gasteiger partial charge in [0.1, 0.15) is 17.9 Å². The lowest BCUT2D eigenvalue weighted by molar-refractivity contribution is -0.183. The summed E-state index contributed by atoms with van der Waals surface area (Å²) < 4.78 is 68.2. The molecule has 2 bridgehead atoms. The predicted molar refractivity (Wildman–Crippen MR) is 186 cm³/mol. The molecule has 4 aliphatic rings. The average molecular weight is 756 g/mol. The number of hydroxylamine groups is 2. The third-order valence-electron chi connectivity index (χ3n) is 11.7. The summed E-state index contributed by atoms with van der Waals surface area (Å²) in [5.74, 6) is -2.15. The van der Waals surface area contributed by atoms with Crippen LogP contribution in [0.25, 0.3) is 11.1 Å². The fraction of sp³-hybridized carbons (Fsp3) is 0.611. The number of rotatable bonds is 13. The monoisotopic (exact) mass is 755 g/mol. The summed E-state index contributed by atoms with van der Waals surface area (Å²) in [6, 6.07) is 8.12. The van der Waals surface area contributed by atoms with Crippen molar-refractivity contribution < 1.29 is 56.1 Å². The molecule has 2 aromatic rings. The number of aromatic carboxylic acids is 1. The minimum Gasteiger partial charge on any atom is -0.496 e. The van der Waals surface area contributed by atoms with Gasteiger partial charge in [0.15, 0.2) is 0 Å². The summed E-state index contributed by atoms with van der Waals surface area (Å²) in [4.78, 5) is 33.6. The van der Waals surface area contributed by atoms with Crippen molar-refractivity contribution in [1.29, 1.82) is 0 Å². The van der Waals surface area contributed by atoms with Crippen LogP contribution >= 0.6 is 0 Å². The van der Waals surface area contributed by atoms with Crippen molar-refractivity contribution in [3.8, 4) is 16.9 Å². The number of anilines is 1. The molecule has 1 amide bonds. The first-order chi connectivity index (χ1) is 24.2. The zero-order chi connectivity index (χ0) is 38.5. The lowest BCUT2D eigenvalue weighted by Gasteiger charge is -2.62. The number of carboxylic acid groups (broad SMARTS) is 1. The fourth-order valence-electron chi connectivity index (χ4n) is 8.44. The number of carbonyl (C=O) groups is 2. The van der Waals surface area contributed by atoms with Crippen LogP contribution in [0.15, 0.2) is 36.4 Å². The predicted octanol–water partition coefficient (Wildman–Crippen LogP) is 4.09. The first kappa shape index (κ1) is 39.8. The van der Waals surface area contributed by atoms with Gasteiger partial charge in [0.2, 0.25) is 15.7 Å². The number of halogens is 3. The quantitative estimate of drug-likeness (QED) is 0.233. The van der Waals surface area contributed by atoms with Crippen molar-refractivity contribution in [1.82, 2.24) is 10.4 Å². The molecule has 12 nitrogen and oxygen atoms in total. The van der Waals surface area contributed by atoms with Crippen LogP contribution in [-0.4, -0.2) is 104 Å². The Morgan fingerprint density at radius 1 is 1.19 bits per heavy atom. The minimum absolute atomic E-state index is 0.0337. The van der Waals surface area contributed by atoms with Crippen molar-refractivity contribution in [3.63, 3.8) is 0 Å². The van der Waals surface area contributed by atoms with Gasteiger partial charge >= 0.3 is 11.5 Å². The van der Waals surface area contributed by atoms with E-state index < -0.39 is 64.4 Å². The molecule has 1 saturated heterocycles. The minimum atomic E-state index is -5.42. The average Bonchev–Trinajstić information content (AvgIpc) is 3.45. The Labute approximate surface area is 301 Å². The van der Waals surface area contributed by atoms with Crippen LogP contribution in [0.3, 0.4) is 0 Å². The lowest BCUT2D eigenvalue weighted by atomic mass is 9.45. The number of para-hydroxylation sites is 1. The van der Waals surface area contributed by atoms with Crippen molar-refractivity contribution in [2.45, 2.75) is 76.9 Å². The van der Waals surface area contributed by atoms with Gasteiger partial charge in [-0.15, -0.1) is 0 Å². The van der Waals surface area contributed by atoms with Crippen LogP contribution < -0.4 is 15.0 Å². The number of nitrogens with one attached hydrogen (secondary N) is 1. The second-order valence-electron chi connectivity index (χ2n) is 15.0. The molecule has 0 aromatic heterocycles. The molecule has 8 atom stereocenters. The maximum absolute atomic E-state index is 14.1. The van der Waals surface area contributed by atoms with E-state index >= 15 is 0 Å². The number of fused-ring (bicyclic) bond motifs is 2. The van der Waals surface area contributed by atoms with Crippen LogP contribution in [-0.2, 0) is 26.0 Å². The standard InChI is InChI=1S/C36H48F3N3O9S/c1-19-27-15-24(35(27,3)4)16-28(19)40-33(45)31-30(20(2)44)29(18-43)51-42(31)17-21-8-7-9-26(32(21)50-6)22-12-23(34(46)47)14-25(13-22)41(5)10-11-52(48,49)36(37,38)39/h7-9,12-14,19-20,24,27-31,43-44H,10-11,15-18H2,1-6H3,(H,40,45)(H,46,47)/t19-,20?,24+,27-,28-,29-,30?,31-/m0/s1. The van der Waals surface area contributed by atoms with E-state index in [4.69, 9.17) is 9.57 Å². The van der Waals surface area contributed by atoms with E-state index in [-0.39, 0.29) is 46.8 Å². The van der Waals surface area contributed by atoms with Gasteiger partial charge in [0.05, 0.1) is 37.7 Å². The third kappa shape index (κ3) is 7.49. The molecule has 16 heteroatoms. The molecule has 4 N–H and O–H groups in total. The summed E-state index contributed by atoms with van der Waals surface area (Å²) in [5.41, 5.74) is -4.02. The Balaban J connectivity index is 1.45. The Kier molecular flexibility index (Phi) is 11.3. The summed E-state index contributed by atoms with van der Waals surface area (Å²) in [7, 11) is -2.66. The molecule has 6 rings (SSSR count). The van der Waals surface area contributed by atoms with E-state index in [2.05, 4.69) is 26.1 Å². The molecule has 0 spiro atoms. The van der Waals surface area contributed by atoms with Gasteiger partial charge in [-0.25, -0.2) is 13.2 Å². The Hall–Kier alpha value is -3.44. The van der Waals surface area contributed by atoms with E-state index in [0.717, 1.165) is 12.8 Å². The maximum Gasteiger partial charge on any atom is 0.497 e. The van der Waals surface area contributed by atoms with Gasteiger partial charge in [-0.3, -0.25) is 9.63 Å². The Morgan fingerprint density at radius 3 is 2.44 bits per heavy atom. The highest BCUT2D eigenvalue weighted by Crippen LogP contribution is 2.61. The number of benzene rings is 2. The summed E-state index contributed by atoms with van der Waals surface area (Å²) >= 11 is 0. The fourth-order valence-corrected chi connectivity index (χ4v) is 9.19. The number of hydrogen-bond acceptors (Lipinski definition) is 10. The summed E-state index contributed by atoms with van der Waals surface area (Å²) in [5, 5.41) is 35.6. The lowest BCUT2D eigenvalue weighted by Crippen LogP contribution is -2.62. The normalized spacial score (nSPS) is 27.8. The van der Waals surface area contributed by atoms with Crippen LogP contribution in [0.2, 0.25) is 0 Å². The van der Waals surface area contributed by atoms with Crippen molar-refractivity contribution in [2.24, 2.45) is 29.1 Å². The number of hydrogen-bond donors (Lipinski definition) is 4. The maximum atomic E-state index is 14.1. The van der Waals surface area contributed by atoms with Gasteiger partial charge in [0, 0.05) is 42.4 Å². The molecule has 4 fully saturated rings. The zero-order valence-corrected chi connectivity index (χ0v) is 30.9. The summed E-state index contributed by atoms with van der Waals surface area (Å²) in [6.45, 7) is 7.19. The topological polar surface area (TPSA) is 166 Å². The third-order valence-corrected chi connectivity index (χ3v) is 13.1. The van der Waals surface area contributed by atoms with Gasteiger partial charge in [-0.2, -0.15) is 18.2 Å². The number of carboxylic acids is 1. The molecule has 288 valence electrons. The smallest absolute Gasteiger partial charge is 0.496 e. The van der Waals surface area contributed by atoms with Crippen LogP contribution in [0.5, 0.6) is 5.75 Å². The van der Waals surface area contributed by atoms with Crippen LogP contribution in [0.4, 0.5) is 18.9 Å². The number of aliphatic hydroxyl groups is 2. The van der Waals surface area contributed by atoms with Gasteiger partial charge in [-0.05, 0) is 66.7 Å². The van der Waals surface area contributed by atoms with E-state index in [0.29, 0.717) is 28.5 Å². The molecule has 1 heterocycles. The van der Waals surface area contributed by atoms with Crippen molar-refractivity contribution >= 4 is 27.4 Å². The number of ether oxygens (including phenoxy) is 1. The molecular formula is C36H48F3N3O9S. The zero-order valence-electron chi connectivity index (χ0n) is 30.1. The van der Waals surface area contributed by atoms with Gasteiger partial charge in [0.25, 0.3) is 0 Å². The van der Waals surface area contributed by atoms with E-state index in [1.54, 1.807) is 25.1 Å². The molecule has 2 unspecified atom stereocenters. The number of aliphatic hydroxyl groups excluding tert-OH is 2. The van der Waals surface area contributed by atoms with Crippen LogP contribution in [0, 0.1) is 29.1 Å². The second kappa shape index (κ2) is 14.8. The molecule has 0 radical (unpaired) electrons. The largest absolute Gasteiger partial charge is 0.497 e. The SMILES string of the molecule is COc1c(CN2O[C@@H](CO)C(C(C)O)[C@H]2C(=O)N[C@H]2C[C@H]3C[C@@H]([C@@H]2C)C3(C)C)cccc1-c1cc(C(=O)O)cc(N(C)CCS(=O)(=O)C(F)(F)F)c1. The molecule has 2 aromatic carbocycles. The Morgan fingerprint density at radius 2 is 1.88 bits per heavy atom. The number of sulfone groups is 1. The number of carbonyl (C=O) groups excluding carboxylic acids is 1. The molecule has 3 aliphatic carbocycles. The molecule has 1 aliphatic heterocycles. The van der Waals surface area contributed by atoms with E-state index in [1.165, 1.54) is 42.3 Å². The van der Waals surface area contributed by atoms with E-state index in [9.17, 15) is 46.5 Å². The number of amides is 1. The van der Waals surface area contributed by atoms with Crippen molar-refractivity contribution in [2.75, 3.05) is 38.0 Å². The highest BCUT2D eigenvalue weighted by atomic mass is 32.2. The van der Waals surface area contributed by atoms with E-state index in [1.807, 2.05) is 0 Å². The highest BCUT2D eigenvalue weighted by molar-refractivity contribution is 7.92. The number of alkyl halides is 3. The van der Waals surface area contributed by atoms with Gasteiger partial charge < -0.3 is 30.3 Å². The molecule has 3 saturated carbocycles. The Bertz CT molecular complexity index is 1770. The second-order valence-corrected chi connectivity index (χ2v) is 17.1. The summed E-state index contributed by atoms with van der Waals surface area (Å²) in [6.07, 6.45) is 0.0775. The molecular weight excluding hydrogens is 707 g/mol. The number of nitrogens with zero attached hydrogens (tertiary/aromatic N) is 2. The highest BCUT2D eigenvalue weighted by Gasteiger charge is 2.57. The molecule has 52 heavy (non-hydrogen) atoms. The van der Waals surface area contributed by atoms with Crippen molar-refractivity contribution in [3.05, 3.63) is 47.5 Å². The number of methoxy groups -OCH3 is 1. The first-order valence-electron chi connectivity index (χ1n) is 17.3. The van der Waals surface area contributed by atoms with Crippen LogP contribution in [0.1, 0.15) is 56.5 Å². The first-order valence-corrected chi connectivity index (χ1v) is 18.9. The van der Waals surface area contributed by atoms with Gasteiger partial charge in [-0.1, -0.05) is 39.0 Å².